The van der Waals surface area contributed by atoms with Crippen molar-refractivity contribution in [3.05, 3.63) is 59.7 Å². The minimum atomic E-state index is -3.45. The van der Waals surface area contributed by atoms with Gasteiger partial charge in [-0.25, -0.2) is 13.1 Å². The lowest BCUT2D eigenvalue weighted by Crippen LogP contribution is -2.29. The van der Waals surface area contributed by atoms with Gasteiger partial charge < -0.3 is 10.1 Å². The summed E-state index contributed by atoms with van der Waals surface area (Å²) in [4.78, 5) is 12.5. The Bertz CT molecular complexity index is 847. The van der Waals surface area contributed by atoms with E-state index in [2.05, 4.69) is 10.0 Å². The Morgan fingerprint density at radius 2 is 1.88 bits per heavy atom. The number of benzene rings is 2. The third-order valence-electron chi connectivity index (χ3n) is 3.99. The molecule has 1 aliphatic heterocycles. The summed E-state index contributed by atoms with van der Waals surface area (Å²) in [5, 5.41) is 2.87. The van der Waals surface area contributed by atoms with Gasteiger partial charge in [-0.3, -0.25) is 4.79 Å². The predicted octanol–water partition coefficient (Wildman–Crippen LogP) is 1.39. The van der Waals surface area contributed by atoms with Crippen LogP contribution < -0.4 is 14.8 Å². The summed E-state index contributed by atoms with van der Waals surface area (Å²) in [6, 6.07) is 13.9. The van der Waals surface area contributed by atoms with Crippen LogP contribution in [0.5, 0.6) is 5.75 Å². The highest BCUT2D eigenvalue weighted by molar-refractivity contribution is 7.89. The lowest BCUT2D eigenvalue weighted by molar-refractivity contribution is -0.122. The van der Waals surface area contributed by atoms with E-state index in [1.165, 1.54) is 19.2 Å². The van der Waals surface area contributed by atoms with Crippen LogP contribution in [-0.4, -0.2) is 28.0 Å². The van der Waals surface area contributed by atoms with E-state index in [1.807, 2.05) is 24.3 Å². The summed E-state index contributed by atoms with van der Waals surface area (Å²) < 4.78 is 31.1. The molecule has 2 N–H and O–H groups in total. The van der Waals surface area contributed by atoms with Gasteiger partial charge in [-0.1, -0.05) is 30.3 Å². The first kappa shape index (κ1) is 16.5. The molecule has 1 heterocycles. The number of para-hydroxylation sites is 1. The summed E-state index contributed by atoms with van der Waals surface area (Å²) >= 11 is 0. The van der Waals surface area contributed by atoms with Gasteiger partial charge in [-0.2, -0.15) is 0 Å². The maximum absolute atomic E-state index is 12.4. The lowest BCUT2D eigenvalue weighted by atomic mass is 10.0. The lowest BCUT2D eigenvalue weighted by Gasteiger charge is -2.11. The fraction of sp³-hybridized carbons (Fsp3) is 0.235. The molecule has 0 aliphatic carbocycles. The van der Waals surface area contributed by atoms with Gasteiger partial charge in [0, 0.05) is 12.1 Å². The molecule has 2 aromatic rings. The first-order valence-corrected chi connectivity index (χ1v) is 9.01. The van der Waals surface area contributed by atoms with Crippen LogP contribution >= 0.6 is 0 Å². The van der Waals surface area contributed by atoms with Crippen molar-refractivity contribution in [2.24, 2.45) is 0 Å². The highest BCUT2D eigenvalue weighted by Crippen LogP contribution is 2.33. The van der Waals surface area contributed by atoms with Crippen LogP contribution in [0.4, 0.5) is 0 Å². The quantitative estimate of drug-likeness (QED) is 0.857. The van der Waals surface area contributed by atoms with Crippen LogP contribution in [0.3, 0.4) is 0 Å². The Balaban J connectivity index is 1.63. The van der Waals surface area contributed by atoms with Crippen molar-refractivity contribution >= 4 is 15.9 Å². The van der Waals surface area contributed by atoms with Crippen molar-refractivity contribution in [1.29, 1.82) is 0 Å². The topological polar surface area (TPSA) is 84.5 Å². The van der Waals surface area contributed by atoms with Crippen LogP contribution in [0.15, 0.2) is 53.4 Å². The number of ether oxygens (including phenoxy) is 1. The van der Waals surface area contributed by atoms with E-state index in [9.17, 15) is 13.2 Å². The van der Waals surface area contributed by atoms with E-state index >= 15 is 0 Å². The van der Waals surface area contributed by atoms with E-state index in [1.54, 1.807) is 12.1 Å². The van der Waals surface area contributed by atoms with Crippen molar-refractivity contribution in [1.82, 2.24) is 10.0 Å². The van der Waals surface area contributed by atoms with Crippen LogP contribution in [-0.2, 0) is 21.4 Å². The molecule has 3 rings (SSSR count). The molecule has 1 aliphatic rings. The molecule has 1 amide bonds. The normalized spacial score (nSPS) is 16.3. The van der Waals surface area contributed by atoms with Crippen molar-refractivity contribution in [3.8, 4) is 5.75 Å². The number of rotatable bonds is 5. The Labute approximate surface area is 140 Å². The van der Waals surface area contributed by atoms with Gasteiger partial charge in [0.05, 0.1) is 4.90 Å². The van der Waals surface area contributed by atoms with Crippen molar-refractivity contribution in [2.45, 2.75) is 17.4 Å². The average Bonchev–Trinajstić information content (AvgIpc) is 3.04. The zero-order valence-electron chi connectivity index (χ0n) is 13.2. The fourth-order valence-corrected chi connectivity index (χ4v) is 3.33. The number of sulfonamides is 1. The highest BCUT2D eigenvalue weighted by Gasteiger charge is 2.29. The molecule has 7 heteroatoms. The molecule has 0 saturated carbocycles. The highest BCUT2D eigenvalue weighted by atomic mass is 32.2. The van der Waals surface area contributed by atoms with Crippen LogP contribution in [0.2, 0.25) is 0 Å². The van der Waals surface area contributed by atoms with Crippen LogP contribution in [0.25, 0.3) is 0 Å². The predicted molar refractivity (Wildman–Crippen MR) is 89.2 cm³/mol. The number of carbonyl (C=O) groups is 1. The van der Waals surface area contributed by atoms with Gasteiger partial charge in [0.2, 0.25) is 15.9 Å². The largest absolute Gasteiger partial charge is 0.492 e. The Morgan fingerprint density at radius 1 is 1.17 bits per heavy atom. The fourth-order valence-electron chi connectivity index (χ4n) is 2.60. The second kappa shape index (κ2) is 6.62. The first-order chi connectivity index (χ1) is 11.5. The second-order valence-electron chi connectivity index (χ2n) is 5.47. The molecule has 0 spiro atoms. The summed E-state index contributed by atoms with van der Waals surface area (Å²) in [6.07, 6.45) is 0. The number of amides is 1. The molecule has 0 aromatic heterocycles. The van der Waals surface area contributed by atoms with Gasteiger partial charge in [0.1, 0.15) is 18.3 Å². The molecule has 0 fully saturated rings. The van der Waals surface area contributed by atoms with E-state index in [0.717, 1.165) is 16.9 Å². The maximum Gasteiger partial charge on any atom is 0.240 e. The molecule has 2 aromatic carbocycles. The third kappa shape index (κ3) is 3.27. The molecule has 1 atom stereocenters. The van der Waals surface area contributed by atoms with Crippen molar-refractivity contribution in [3.63, 3.8) is 0 Å². The van der Waals surface area contributed by atoms with E-state index in [0.29, 0.717) is 13.2 Å². The minimum Gasteiger partial charge on any atom is -0.492 e. The molecule has 126 valence electrons. The van der Waals surface area contributed by atoms with Crippen molar-refractivity contribution < 1.29 is 17.9 Å². The SMILES string of the molecule is CNS(=O)(=O)c1ccc(CNC(=O)[C@@H]2COc3ccccc32)cc1. The number of hydrogen-bond donors (Lipinski definition) is 2. The monoisotopic (exact) mass is 346 g/mol. The van der Waals surface area contributed by atoms with Crippen LogP contribution in [0, 0.1) is 0 Å². The Kier molecular flexibility index (Phi) is 4.55. The zero-order chi connectivity index (χ0) is 17.2. The molecule has 0 radical (unpaired) electrons. The first-order valence-electron chi connectivity index (χ1n) is 7.53. The zero-order valence-corrected chi connectivity index (χ0v) is 14.0. The third-order valence-corrected chi connectivity index (χ3v) is 5.42. The average molecular weight is 346 g/mol. The molecule has 0 bridgehead atoms. The van der Waals surface area contributed by atoms with Gasteiger partial charge >= 0.3 is 0 Å². The Hall–Kier alpha value is -2.38. The smallest absolute Gasteiger partial charge is 0.240 e. The van der Waals surface area contributed by atoms with Crippen LogP contribution in [0.1, 0.15) is 17.0 Å². The molecule has 24 heavy (non-hydrogen) atoms. The number of carbonyl (C=O) groups excluding carboxylic acids is 1. The van der Waals surface area contributed by atoms with Gasteiger partial charge in [0.25, 0.3) is 0 Å². The standard InChI is InChI=1S/C17H18N2O4S/c1-18-24(21,22)13-8-6-12(7-9-13)10-19-17(20)15-11-23-16-5-3-2-4-14(15)16/h2-9,15,18H,10-11H2,1H3,(H,19,20)/t15-/m1/s1. The molecule has 6 nitrogen and oxygen atoms in total. The summed E-state index contributed by atoms with van der Waals surface area (Å²) in [6.45, 7) is 0.669. The molecular formula is C17H18N2O4S. The Morgan fingerprint density at radius 3 is 2.58 bits per heavy atom. The molecule has 0 saturated heterocycles. The van der Waals surface area contributed by atoms with E-state index in [4.69, 9.17) is 4.74 Å². The molecular weight excluding hydrogens is 328 g/mol. The number of nitrogens with one attached hydrogen (secondary N) is 2. The summed E-state index contributed by atoms with van der Waals surface area (Å²) in [7, 11) is -2.08. The summed E-state index contributed by atoms with van der Waals surface area (Å²) in [5.41, 5.74) is 1.72. The number of hydrogen-bond acceptors (Lipinski definition) is 4. The second-order valence-corrected chi connectivity index (χ2v) is 7.36. The molecule has 0 unspecified atom stereocenters. The van der Waals surface area contributed by atoms with E-state index in [-0.39, 0.29) is 16.7 Å². The van der Waals surface area contributed by atoms with E-state index < -0.39 is 10.0 Å². The van der Waals surface area contributed by atoms with Gasteiger partial charge in [-0.05, 0) is 30.8 Å². The maximum atomic E-state index is 12.4. The number of fused-ring (bicyclic) bond motifs is 1. The van der Waals surface area contributed by atoms with Gasteiger partial charge in [-0.15, -0.1) is 0 Å². The van der Waals surface area contributed by atoms with Gasteiger partial charge in [0.15, 0.2) is 0 Å². The minimum absolute atomic E-state index is 0.105. The summed E-state index contributed by atoms with van der Waals surface area (Å²) in [5.74, 6) is 0.330. The van der Waals surface area contributed by atoms with Crippen molar-refractivity contribution in [2.75, 3.05) is 13.7 Å².